The van der Waals surface area contributed by atoms with Crippen molar-refractivity contribution in [3.05, 3.63) is 0 Å². The topological polar surface area (TPSA) is 29.5 Å². The summed E-state index contributed by atoms with van der Waals surface area (Å²) in [6.07, 6.45) is 6.84. The van der Waals surface area contributed by atoms with E-state index in [1.165, 1.54) is 19.3 Å². The van der Waals surface area contributed by atoms with Crippen LogP contribution in [-0.2, 0) is 4.74 Å². The van der Waals surface area contributed by atoms with Crippen molar-refractivity contribution in [3.63, 3.8) is 0 Å². The molecule has 0 aromatic carbocycles. The van der Waals surface area contributed by atoms with Crippen molar-refractivity contribution in [3.8, 4) is 0 Å². The fourth-order valence-corrected chi connectivity index (χ4v) is 3.82. The molecule has 0 aromatic rings. The summed E-state index contributed by atoms with van der Waals surface area (Å²) in [7, 11) is 0. The maximum atomic E-state index is 11.1. The average Bonchev–Trinajstić information content (AvgIpc) is 2.30. The van der Waals surface area contributed by atoms with Gasteiger partial charge in [0.1, 0.15) is 0 Å². The molecule has 2 atom stereocenters. The molecule has 1 aliphatic carbocycles. The lowest BCUT2D eigenvalue weighted by molar-refractivity contribution is -0.133. The van der Waals surface area contributed by atoms with E-state index in [4.69, 9.17) is 4.74 Å². The lowest BCUT2D eigenvalue weighted by Crippen LogP contribution is -2.50. The van der Waals surface area contributed by atoms with E-state index in [1.54, 1.807) is 0 Å². The molecule has 0 aromatic heterocycles. The molecule has 16 heavy (non-hydrogen) atoms. The van der Waals surface area contributed by atoms with E-state index in [-0.39, 0.29) is 0 Å². The van der Waals surface area contributed by atoms with Crippen LogP contribution in [0.4, 0.5) is 0 Å². The maximum absolute atomic E-state index is 11.1. The second kappa shape index (κ2) is 5.05. The molecule has 2 rings (SSSR count). The van der Waals surface area contributed by atoms with E-state index in [2.05, 4.69) is 13.8 Å². The summed E-state index contributed by atoms with van der Waals surface area (Å²) in [6.45, 7) is 6.22. The fourth-order valence-electron chi connectivity index (χ4n) is 3.82. The van der Waals surface area contributed by atoms with E-state index in [0.29, 0.717) is 17.8 Å². The SMILES string of the molecule is CC(C)C1CCCCC1(O)C1CCOCC1. The molecule has 2 unspecified atom stereocenters. The molecule has 2 heteroatoms. The van der Waals surface area contributed by atoms with Crippen LogP contribution in [0.25, 0.3) is 0 Å². The Kier molecular flexibility index (Phi) is 3.91. The summed E-state index contributed by atoms with van der Waals surface area (Å²) in [6, 6.07) is 0. The third-order valence-corrected chi connectivity index (χ3v) is 4.72. The van der Waals surface area contributed by atoms with Crippen LogP contribution < -0.4 is 0 Å². The molecule has 1 heterocycles. The minimum Gasteiger partial charge on any atom is -0.389 e. The quantitative estimate of drug-likeness (QED) is 0.784. The lowest BCUT2D eigenvalue weighted by atomic mass is 9.63. The van der Waals surface area contributed by atoms with Gasteiger partial charge >= 0.3 is 0 Å². The van der Waals surface area contributed by atoms with Crippen molar-refractivity contribution in [2.45, 2.75) is 58.0 Å². The third kappa shape index (κ3) is 2.28. The van der Waals surface area contributed by atoms with Crippen molar-refractivity contribution in [2.75, 3.05) is 13.2 Å². The number of hydrogen-bond acceptors (Lipinski definition) is 2. The number of ether oxygens (including phenoxy) is 1. The van der Waals surface area contributed by atoms with Gasteiger partial charge in [0.25, 0.3) is 0 Å². The van der Waals surface area contributed by atoms with Crippen LogP contribution in [0.3, 0.4) is 0 Å². The minimum atomic E-state index is -0.393. The first-order chi connectivity index (χ1) is 7.64. The Morgan fingerprint density at radius 2 is 1.81 bits per heavy atom. The van der Waals surface area contributed by atoms with E-state index in [0.717, 1.165) is 32.5 Å². The molecule has 2 aliphatic rings. The lowest BCUT2D eigenvalue weighted by Gasteiger charge is -2.48. The van der Waals surface area contributed by atoms with Crippen molar-refractivity contribution in [1.29, 1.82) is 0 Å². The van der Waals surface area contributed by atoms with Crippen LogP contribution in [0, 0.1) is 17.8 Å². The van der Waals surface area contributed by atoms with Gasteiger partial charge < -0.3 is 9.84 Å². The van der Waals surface area contributed by atoms with Crippen LogP contribution >= 0.6 is 0 Å². The van der Waals surface area contributed by atoms with Gasteiger partial charge in [0, 0.05) is 13.2 Å². The minimum absolute atomic E-state index is 0.393. The molecular formula is C14H26O2. The maximum Gasteiger partial charge on any atom is 0.0707 e. The zero-order valence-corrected chi connectivity index (χ0v) is 10.7. The first-order valence-electron chi connectivity index (χ1n) is 6.94. The Balaban J connectivity index is 2.11. The molecule has 2 fully saturated rings. The summed E-state index contributed by atoms with van der Waals surface area (Å²) in [5.74, 6) is 1.59. The highest BCUT2D eigenvalue weighted by molar-refractivity contribution is 4.96. The van der Waals surface area contributed by atoms with Crippen LogP contribution in [0.1, 0.15) is 52.4 Å². The Bertz CT molecular complexity index is 221. The standard InChI is InChI=1S/C14H26O2/c1-11(2)13-5-3-4-8-14(13,15)12-6-9-16-10-7-12/h11-13,15H,3-10H2,1-2H3. The van der Waals surface area contributed by atoms with Gasteiger partial charge in [-0.2, -0.15) is 0 Å². The Morgan fingerprint density at radius 1 is 1.12 bits per heavy atom. The first kappa shape index (κ1) is 12.4. The van der Waals surface area contributed by atoms with Gasteiger partial charge in [-0.25, -0.2) is 0 Å². The molecule has 0 spiro atoms. The van der Waals surface area contributed by atoms with Crippen molar-refractivity contribution in [1.82, 2.24) is 0 Å². The Hall–Kier alpha value is -0.0800. The highest BCUT2D eigenvalue weighted by Crippen LogP contribution is 2.45. The third-order valence-electron chi connectivity index (χ3n) is 4.72. The van der Waals surface area contributed by atoms with Crippen molar-refractivity contribution >= 4 is 0 Å². The molecule has 1 saturated heterocycles. The van der Waals surface area contributed by atoms with Gasteiger partial charge in [0.15, 0.2) is 0 Å². The van der Waals surface area contributed by atoms with E-state index in [1.807, 2.05) is 0 Å². The van der Waals surface area contributed by atoms with Crippen LogP contribution in [-0.4, -0.2) is 23.9 Å². The number of aliphatic hydroxyl groups is 1. The van der Waals surface area contributed by atoms with Gasteiger partial charge in [-0.15, -0.1) is 0 Å². The normalized spacial score (nSPS) is 37.9. The second-order valence-electron chi connectivity index (χ2n) is 5.97. The zero-order chi connectivity index (χ0) is 11.6. The summed E-state index contributed by atoms with van der Waals surface area (Å²) < 4.78 is 5.42. The Labute approximate surface area is 99.4 Å². The molecule has 0 amide bonds. The van der Waals surface area contributed by atoms with Gasteiger partial charge in [-0.1, -0.05) is 26.7 Å². The van der Waals surface area contributed by atoms with Crippen molar-refractivity contribution in [2.24, 2.45) is 17.8 Å². The number of rotatable bonds is 2. The first-order valence-corrected chi connectivity index (χ1v) is 6.94. The summed E-state index contributed by atoms with van der Waals surface area (Å²) in [5, 5.41) is 11.1. The highest BCUT2D eigenvalue weighted by atomic mass is 16.5. The summed E-state index contributed by atoms with van der Waals surface area (Å²) in [4.78, 5) is 0. The number of hydrogen-bond donors (Lipinski definition) is 1. The van der Waals surface area contributed by atoms with Gasteiger partial charge in [-0.3, -0.25) is 0 Å². The van der Waals surface area contributed by atoms with Crippen LogP contribution in [0.5, 0.6) is 0 Å². The molecule has 2 nitrogen and oxygen atoms in total. The molecule has 94 valence electrons. The van der Waals surface area contributed by atoms with Crippen molar-refractivity contribution < 1.29 is 9.84 Å². The second-order valence-corrected chi connectivity index (χ2v) is 5.97. The van der Waals surface area contributed by atoms with Gasteiger partial charge in [0.2, 0.25) is 0 Å². The molecule has 1 saturated carbocycles. The van der Waals surface area contributed by atoms with Gasteiger partial charge in [0.05, 0.1) is 5.60 Å². The zero-order valence-electron chi connectivity index (χ0n) is 10.7. The predicted molar refractivity (Wildman–Crippen MR) is 65.3 cm³/mol. The smallest absolute Gasteiger partial charge is 0.0707 e. The molecule has 0 radical (unpaired) electrons. The molecular weight excluding hydrogens is 200 g/mol. The fraction of sp³-hybridized carbons (Fsp3) is 1.00. The van der Waals surface area contributed by atoms with E-state index >= 15 is 0 Å². The van der Waals surface area contributed by atoms with E-state index in [9.17, 15) is 5.11 Å². The molecule has 1 N–H and O–H groups in total. The van der Waals surface area contributed by atoms with Crippen LogP contribution in [0.2, 0.25) is 0 Å². The highest BCUT2D eigenvalue weighted by Gasteiger charge is 2.46. The molecule has 1 aliphatic heterocycles. The largest absolute Gasteiger partial charge is 0.389 e. The Morgan fingerprint density at radius 3 is 2.44 bits per heavy atom. The summed E-state index contributed by atoms with van der Waals surface area (Å²) in [5.41, 5.74) is -0.393. The average molecular weight is 226 g/mol. The summed E-state index contributed by atoms with van der Waals surface area (Å²) >= 11 is 0. The van der Waals surface area contributed by atoms with Crippen LogP contribution in [0.15, 0.2) is 0 Å². The molecule has 0 bridgehead atoms. The van der Waals surface area contributed by atoms with Gasteiger partial charge in [-0.05, 0) is 43.4 Å². The monoisotopic (exact) mass is 226 g/mol. The van der Waals surface area contributed by atoms with E-state index < -0.39 is 5.60 Å². The predicted octanol–water partition coefficient (Wildman–Crippen LogP) is 2.99.